The van der Waals surface area contributed by atoms with Crippen LogP contribution in [-0.2, 0) is 14.4 Å². The Morgan fingerprint density at radius 1 is 1.29 bits per heavy atom. The Kier molecular flexibility index (Phi) is 7.50. The van der Waals surface area contributed by atoms with Gasteiger partial charge in [-0.1, -0.05) is 0 Å². The van der Waals surface area contributed by atoms with Gasteiger partial charge in [0.2, 0.25) is 11.6 Å². The van der Waals surface area contributed by atoms with E-state index in [9.17, 15) is 29.4 Å². The number of rotatable bonds is 7. The first kappa shape index (κ1) is 25.9. The zero-order valence-corrected chi connectivity index (χ0v) is 20.5. The minimum atomic E-state index is -1.59. The number of hydrogen-bond donors (Lipinski definition) is 3. The third-order valence-electron chi connectivity index (χ3n) is 6.06. The Hall–Kier alpha value is -2.74. The second-order valence-electron chi connectivity index (χ2n) is 7.97. The number of carboxylic acids is 2. The van der Waals surface area contributed by atoms with Crippen LogP contribution in [0.2, 0.25) is 0 Å². The van der Waals surface area contributed by atoms with E-state index in [1.165, 1.54) is 12.1 Å². The number of guanidine groups is 1. The first-order valence-electron chi connectivity index (χ1n) is 10.2. The second kappa shape index (κ2) is 9.86. The quantitative estimate of drug-likeness (QED) is 0.312. The maximum Gasteiger partial charge on any atom is 2.00 e. The van der Waals surface area contributed by atoms with Gasteiger partial charge in [0, 0.05) is 29.8 Å². The molecule has 13 nitrogen and oxygen atoms in total. The number of nitrogens with one attached hydrogen (secondary N) is 2. The number of carbonyl (C=O) groups excluding carboxylic acids is 4. The molecule has 3 atom stereocenters. The summed E-state index contributed by atoms with van der Waals surface area (Å²) in [4.78, 5) is 59.8. The van der Waals surface area contributed by atoms with E-state index in [2.05, 4.69) is 20.6 Å². The van der Waals surface area contributed by atoms with E-state index in [1.807, 2.05) is 16.8 Å². The number of nitrogens with two attached hydrogens (primary N) is 1. The fraction of sp³-hybridized carbons (Fsp3) is 0.400. The Bertz CT molecular complexity index is 1090. The van der Waals surface area contributed by atoms with Gasteiger partial charge < -0.3 is 35.8 Å². The number of hydrogen-bond acceptors (Lipinski definition) is 11. The molecule has 14 heteroatoms. The van der Waals surface area contributed by atoms with Crippen LogP contribution in [0, 0.1) is 0 Å². The van der Waals surface area contributed by atoms with Crippen LogP contribution in [0.15, 0.2) is 34.3 Å². The molecule has 0 aromatic heterocycles. The Labute approximate surface area is 224 Å². The van der Waals surface area contributed by atoms with Crippen molar-refractivity contribution < 1.29 is 29.4 Å². The van der Waals surface area contributed by atoms with Crippen LogP contribution in [0.4, 0.5) is 5.69 Å². The summed E-state index contributed by atoms with van der Waals surface area (Å²) in [6.45, 7) is 0.930. The Morgan fingerprint density at radius 2 is 1.97 bits per heavy atom. The van der Waals surface area contributed by atoms with Gasteiger partial charge >= 0.3 is 37.7 Å². The maximum atomic E-state index is 13.1. The van der Waals surface area contributed by atoms with Gasteiger partial charge in [-0.25, -0.2) is 0 Å². The van der Waals surface area contributed by atoms with Gasteiger partial charge in [-0.05, 0) is 44.2 Å². The molecule has 1 aromatic carbocycles. The summed E-state index contributed by atoms with van der Waals surface area (Å²) in [5.74, 6) is -3.87. The van der Waals surface area contributed by atoms with Crippen LogP contribution in [0.5, 0.6) is 0 Å². The van der Waals surface area contributed by atoms with E-state index in [1.54, 1.807) is 12.1 Å². The number of aliphatic imine (C=N–C) groups is 2. The number of benzene rings is 1. The summed E-state index contributed by atoms with van der Waals surface area (Å²) < 4.78 is 0. The monoisotopic (exact) mass is 495 g/mol. The summed E-state index contributed by atoms with van der Waals surface area (Å²) in [5.41, 5.74) is 5.21. The molecule has 0 saturated carbocycles. The molecule has 0 radical (unpaired) electrons. The molecule has 3 heterocycles. The molecule has 1 spiro atoms. The molecule has 2 bridgehead atoms. The predicted molar refractivity (Wildman–Crippen MR) is 116 cm³/mol. The third-order valence-corrected chi connectivity index (χ3v) is 6.06. The van der Waals surface area contributed by atoms with E-state index >= 15 is 0 Å². The number of nitrogens with zero attached hydrogens (tertiary/aromatic N) is 4. The molecule has 4 rings (SSSR count). The standard InChI is InChI=1S/C20H23N7O6.Ca/c1-26-12-8-22-17-20(26,18(33)25-19(21)24-17)27(9-12)11-4-2-10(3-5-11)15(30)23-13(16(31)32)6-7-14(28)29;/h2-5,12-13H,6-9H2,1H3,(H,23,30)(H,28,29)(H,31,32)(H3,21,22,24,25,33);/q;+2/p-2. The molecule has 174 valence electrons. The molecule has 34 heavy (non-hydrogen) atoms. The Balaban J connectivity index is 0.00000324. The minimum Gasteiger partial charge on any atom is -0.550 e. The van der Waals surface area contributed by atoms with Crippen molar-refractivity contribution in [3.8, 4) is 0 Å². The predicted octanol–water partition coefficient (Wildman–Crippen LogP) is -4.64. The molecule has 3 unspecified atom stereocenters. The van der Waals surface area contributed by atoms with Crippen LogP contribution in [0.25, 0.3) is 0 Å². The van der Waals surface area contributed by atoms with Crippen molar-refractivity contribution in [3.05, 3.63) is 29.8 Å². The van der Waals surface area contributed by atoms with Gasteiger partial charge in [0.15, 0.2) is 5.84 Å². The van der Waals surface area contributed by atoms with E-state index in [-0.39, 0.29) is 73.5 Å². The topological polar surface area (TPSA) is 196 Å². The number of amides is 2. The first-order chi connectivity index (χ1) is 15.6. The van der Waals surface area contributed by atoms with Gasteiger partial charge in [-0.3, -0.25) is 24.8 Å². The average Bonchev–Trinajstić information content (AvgIpc) is 2.93. The fourth-order valence-electron chi connectivity index (χ4n) is 4.36. The van der Waals surface area contributed by atoms with Crippen molar-refractivity contribution in [1.29, 1.82) is 0 Å². The van der Waals surface area contributed by atoms with E-state index in [0.717, 1.165) is 0 Å². The number of anilines is 1. The molecule has 4 N–H and O–H groups in total. The number of carbonyl (C=O) groups is 4. The number of likely N-dealkylation sites (N-methyl/N-ethyl adjacent to an activating group) is 1. The zero-order valence-electron chi connectivity index (χ0n) is 18.3. The van der Waals surface area contributed by atoms with Crippen molar-refractivity contribution in [2.24, 2.45) is 15.7 Å². The second-order valence-corrected chi connectivity index (χ2v) is 7.97. The van der Waals surface area contributed by atoms with Gasteiger partial charge in [0.25, 0.3) is 11.8 Å². The summed E-state index contributed by atoms with van der Waals surface area (Å²) in [6, 6.07) is 4.69. The molecule has 3 aliphatic heterocycles. The third kappa shape index (κ3) is 4.35. The van der Waals surface area contributed by atoms with Gasteiger partial charge in [0.05, 0.1) is 18.6 Å². The van der Waals surface area contributed by atoms with E-state index in [0.29, 0.717) is 18.8 Å². The molecule has 1 fully saturated rings. The van der Waals surface area contributed by atoms with E-state index < -0.39 is 36.0 Å². The summed E-state index contributed by atoms with van der Waals surface area (Å²) in [5, 5.41) is 26.6. The number of aliphatic carboxylic acids is 2. The molecule has 3 aliphatic rings. The SMILES string of the molecule is CN1C2CN=C3N=C(N)NC(=O)C31N(c1ccc(C(=O)NC(CCC(=O)[O-])C(=O)[O-])cc1)C2.[Ca+2]. The largest absolute Gasteiger partial charge is 2.00 e. The van der Waals surface area contributed by atoms with Crippen molar-refractivity contribution >= 4 is 79.0 Å². The minimum absolute atomic E-state index is 0. The molecule has 2 amide bonds. The number of carboxylic acid groups (broad SMARTS) is 2. The number of fused-ring (bicyclic) bond motifs is 1. The van der Waals surface area contributed by atoms with Crippen LogP contribution >= 0.6 is 0 Å². The summed E-state index contributed by atoms with van der Waals surface area (Å²) in [7, 11) is 1.81. The number of amidine groups is 1. The van der Waals surface area contributed by atoms with Crippen LogP contribution in [0.3, 0.4) is 0 Å². The van der Waals surface area contributed by atoms with Gasteiger partial charge in [0.1, 0.15) is 0 Å². The van der Waals surface area contributed by atoms with E-state index in [4.69, 9.17) is 5.73 Å². The normalized spacial score (nSPS) is 24.1. The molecular weight excluding hydrogens is 474 g/mol. The average molecular weight is 496 g/mol. The van der Waals surface area contributed by atoms with Crippen LogP contribution in [0.1, 0.15) is 23.2 Å². The molecular formula is C20H21CaN7O6. The maximum absolute atomic E-state index is 13.1. The summed E-state index contributed by atoms with van der Waals surface area (Å²) >= 11 is 0. The van der Waals surface area contributed by atoms with Gasteiger partial charge in [-0.2, -0.15) is 4.99 Å². The molecule has 0 aliphatic carbocycles. The molecule has 1 aromatic rings. The summed E-state index contributed by atoms with van der Waals surface area (Å²) in [6.07, 6.45) is -0.901. The zero-order chi connectivity index (χ0) is 23.9. The molecule has 1 saturated heterocycles. The Morgan fingerprint density at radius 3 is 2.59 bits per heavy atom. The van der Waals surface area contributed by atoms with Crippen LogP contribution in [-0.4, -0.2) is 116 Å². The smallest absolute Gasteiger partial charge is 0.550 e. The van der Waals surface area contributed by atoms with Crippen molar-refractivity contribution in [2.75, 3.05) is 25.0 Å². The van der Waals surface area contributed by atoms with Crippen molar-refractivity contribution in [2.45, 2.75) is 30.6 Å². The first-order valence-corrected chi connectivity index (χ1v) is 10.2. The van der Waals surface area contributed by atoms with Crippen molar-refractivity contribution in [3.63, 3.8) is 0 Å². The van der Waals surface area contributed by atoms with Crippen LogP contribution < -0.4 is 31.5 Å². The van der Waals surface area contributed by atoms with Crippen molar-refractivity contribution in [1.82, 2.24) is 15.5 Å². The fourth-order valence-corrected chi connectivity index (χ4v) is 4.36. The van der Waals surface area contributed by atoms with Gasteiger partial charge in [-0.15, -0.1) is 0 Å².